The van der Waals surface area contributed by atoms with Crippen LogP contribution in [0.2, 0.25) is 0 Å². The molecule has 3 rings (SSSR count). The van der Waals surface area contributed by atoms with E-state index in [1.165, 1.54) is 11.5 Å². The largest absolute Gasteiger partial charge is 0.508 e. The van der Waals surface area contributed by atoms with Crippen molar-refractivity contribution in [3.05, 3.63) is 24.3 Å². The molecule has 0 aliphatic carbocycles. The van der Waals surface area contributed by atoms with Gasteiger partial charge in [0.25, 0.3) is 0 Å². The molecular weight excluding hydrogens is 260 g/mol. The van der Waals surface area contributed by atoms with Crippen molar-refractivity contribution in [2.45, 2.75) is 37.4 Å². The van der Waals surface area contributed by atoms with Crippen molar-refractivity contribution < 1.29 is 14.6 Å². The third-order valence-corrected chi connectivity index (χ3v) is 4.98. The third-order valence-electron chi connectivity index (χ3n) is 3.99. The summed E-state index contributed by atoms with van der Waals surface area (Å²) in [6, 6.07) is 6.99. The molecule has 1 aromatic carbocycles. The van der Waals surface area contributed by atoms with E-state index < -0.39 is 0 Å². The highest BCUT2D eigenvalue weighted by Crippen LogP contribution is 2.38. The second-order valence-electron chi connectivity index (χ2n) is 5.37. The number of rotatable bonds is 2. The molecule has 2 saturated heterocycles. The maximum Gasteiger partial charge on any atom is 0.119 e. The van der Waals surface area contributed by atoms with E-state index in [-0.39, 0.29) is 17.5 Å². The van der Waals surface area contributed by atoms with E-state index in [0.29, 0.717) is 0 Å². The molecule has 0 saturated carbocycles. The van der Waals surface area contributed by atoms with E-state index in [1.54, 1.807) is 12.1 Å². The summed E-state index contributed by atoms with van der Waals surface area (Å²) < 4.78 is 12.1. The van der Waals surface area contributed by atoms with Crippen molar-refractivity contribution in [2.75, 3.05) is 18.1 Å². The SMILES string of the molecule is Oc1ccc(OC2CCOC3(CCSCC3)C2)cc1. The van der Waals surface area contributed by atoms with E-state index in [1.807, 2.05) is 23.9 Å². The Morgan fingerprint density at radius 2 is 1.95 bits per heavy atom. The maximum atomic E-state index is 9.28. The van der Waals surface area contributed by atoms with Gasteiger partial charge < -0.3 is 14.6 Å². The Bertz CT molecular complexity index is 406. The number of phenolic OH excluding ortho intramolecular Hbond substituents is 1. The molecule has 2 heterocycles. The summed E-state index contributed by atoms with van der Waals surface area (Å²) in [5, 5.41) is 9.28. The zero-order valence-electron chi connectivity index (χ0n) is 11.0. The molecule has 0 bridgehead atoms. The van der Waals surface area contributed by atoms with Gasteiger partial charge in [-0.15, -0.1) is 0 Å². The summed E-state index contributed by atoms with van der Waals surface area (Å²) >= 11 is 2.02. The zero-order valence-corrected chi connectivity index (χ0v) is 11.8. The van der Waals surface area contributed by atoms with Crippen LogP contribution in [0.4, 0.5) is 0 Å². The Morgan fingerprint density at radius 3 is 2.68 bits per heavy atom. The van der Waals surface area contributed by atoms with Crippen LogP contribution < -0.4 is 4.74 Å². The van der Waals surface area contributed by atoms with Crippen LogP contribution in [-0.4, -0.2) is 34.9 Å². The molecule has 0 aromatic heterocycles. The lowest BCUT2D eigenvalue weighted by Crippen LogP contribution is -2.46. The molecular formula is C15H20O3S. The molecule has 2 fully saturated rings. The average molecular weight is 280 g/mol. The van der Waals surface area contributed by atoms with Gasteiger partial charge in [-0.2, -0.15) is 11.8 Å². The van der Waals surface area contributed by atoms with E-state index in [0.717, 1.165) is 38.0 Å². The van der Waals surface area contributed by atoms with Gasteiger partial charge in [0, 0.05) is 12.8 Å². The molecule has 1 aromatic rings. The fourth-order valence-corrected chi connectivity index (χ4v) is 4.13. The van der Waals surface area contributed by atoms with Gasteiger partial charge in [-0.25, -0.2) is 0 Å². The van der Waals surface area contributed by atoms with Crippen molar-refractivity contribution in [2.24, 2.45) is 0 Å². The number of hydrogen-bond donors (Lipinski definition) is 1. The van der Waals surface area contributed by atoms with Crippen molar-refractivity contribution in [1.82, 2.24) is 0 Å². The van der Waals surface area contributed by atoms with Crippen LogP contribution in [0.5, 0.6) is 11.5 Å². The summed E-state index contributed by atoms with van der Waals surface area (Å²) in [4.78, 5) is 0. The highest BCUT2D eigenvalue weighted by atomic mass is 32.2. The first-order valence-corrected chi connectivity index (χ1v) is 8.09. The number of aromatic hydroxyl groups is 1. The maximum absolute atomic E-state index is 9.28. The molecule has 3 nitrogen and oxygen atoms in total. The lowest BCUT2D eigenvalue weighted by Gasteiger charge is -2.43. The summed E-state index contributed by atoms with van der Waals surface area (Å²) in [6.45, 7) is 0.799. The first-order chi connectivity index (χ1) is 9.26. The number of benzene rings is 1. The molecule has 1 N–H and O–H groups in total. The third kappa shape index (κ3) is 3.18. The Balaban J connectivity index is 1.63. The fourth-order valence-electron chi connectivity index (χ4n) is 2.89. The normalized spacial score (nSPS) is 26.2. The molecule has 19 heavy (non-hydrogen) atoms. The van der Waals surface area contributed by atoms with Crippen LogP contribution >= 0.6 is 11.8 Å². The fraction of sp³-hybridized carbons (Fsp3) is 0.600. The summed E-state index contributed by atoms with van der Waals surface area (Å²) in [7, 11) is 0. The lowest BCUT2D eigenvalue weighted by atomic mass is 9.86. The molecule has 4 heteroatoms. The number of hydrogen-bond acceptors (Lipinski definition) is 4. The topological polar surface area (TPSA) is 38.7 Å². The van der Waals surface area contributed by atoms with Gasteiger partial charge in [0.05, 0.1) is 12.2 Å². The minimum atomic E-state index is 0.0606. The van der Waals surface area contributed by atoms with Crippen LogP contribution in [0.3, 0.4) is 0 Å². The van der Waals surface area contributed by atoms with Gasteiger partial charge in [0.1, 0.15) is 17.6 Å². The highest BCUT2D eigenvalue weighted by Gasteiger charge is 2.39. The van der Waals surface area contributed by atoms with E-state index in [9.17, 15) is 5.11 Å². The predicted molar refractivity (Wildman–Crippen MR) is 77.0 cm³/mol. The molecule has 104 valence electrons. The Labute approximate surface area is 118 Å². The highest BCUT2D eigenvalue weighted by molar-refractivity contribution is 7.99. The van der Waals surface area contributed by atoms with Gasteiger partial charge in [-0.3, -0.25) is 0 Å². The van der Waals surface area contributed by atoms with Crippen molar-refractivity contribution in [3.63, 3.8) is 0 Å². The molecule has 2 aliphatic heterocycles. The second kappa shape index (κ2) is 5.63. The zero-order chi connectivity index (χ0) is 13.1. The Hall–Kier alpha value is -0.870. The summed E-state index contributed by atoms with van der Waals surface area (Å²) in [5.74, 6) is 3.52. The number of thioether (sulfide) groups is 1. The lowest BCUT2D eigenvalue weighted by molar-refractivity contribution is -0.116. The summed E-state index contributed by atoms with van der Waals surface area (Å²) in [5.41, 5.74) is 0.0606. The standard InChI is InChI=1S/C15H20O3S/c16-12-1-3-13(4-2-12)18-14-5-8-17-15(11-14)6-9-19-10-7-15/h1-4,14,16H,5-11H2. The molecule has 0 amide bonds. The van der Waals surface area contributed by atoms with Gasteiger partial charge in [0.15, 0.2) is 0 Å². The molecule has 0 radical (unpaired) electrons. The number of ether oxygens (including phenoxy) is 2. The smallest absolute Gasteiger partial charge is 0.119 e. The summed E-state index contributed by atoms with van der Waals surface area (Å²) in [6.07, 6.45) is 4.48. The first kappa shape index (κ1) is 13.1. The van der Waals surface area contributed by atoms with E-state index in [4.69, 9.17) is 9.47 Å². The van der Waals surface area contributed by atoms with Gasteiger partial charge in [-0.1, -0.05) is 0 Å². The first-order valence-electron chi connectivity index (χ1n) is 6.93. The van der Waals surface area contributed by atoms with Crippen LogP contribution in [0.25, 0.3) is 0 Å². The molecule has 2 aliphatic rings. The van der Waals surface area contributed by atoms with Gasteiger partial charge >= 0.3 is 0 Å². The van der Waals surface area contributed by atoms with Crippen molar-refractivity contribution in [1.29, 1.82) is 0 Å². The molecule has 1 unspecified atom stereocenters. The van der Waals surface area contributed by atoms with Crippen LogP contribution in [0.15, 0.2) is 24.3 Å². The quantitative estimate of drug-likeness (QED) is 0.903. The minimum Gasteiger partial charge on any atom is -0.508 e. The molecule has 1 atom stereocenters. The minimum absolute atomic E-state index is 0.0606. The monoisotopic (exact) mass is 280 g/mol. The Morgan fingerprint density at radius 1 is 1.21 bits per heavy atom. The predicted octanol–water partition coefficient (Wildman–Crippen LogP) is 3.22. The molecule has 1 spiro atoms. The van der Waals surface area contributed by atoms with Crippen molar-refractivity contribution >= 4 is 11.8 Å². The average Bonchev–Trinajstić information content (AvgIpc) is 2.42. The second-order valence-corrected chi connectivity index (χ2v) is 6.60. The van der Waals surface area contributed by atoms with Gasteiger partial charge in [0.2, 0.25) is 0 Å². The van der Waals surface area contributed by atoms with E-state index in [2.05, 4.69) is 0 Å². The van der Waals surface area contributed by atoms with Crippen LogP contribution in [0, 0.1) is 0 Å². The van der Waals surface area contributed by atoms with Gasteiger partial charge in [-0.05, 0) is 48.6 Å². The van der Waals surface area contributed by atoms with Crippen LogP contribution in [0.1, 0.15) is 25.7 Å². The van der Waals surface area contributed by atoms with Crippen LogP contribution in [-0.2, 0) is 4.74 Å². The van der Waals surface area contributed by atoms with Crippen molar-refractivity contribution in [3.8, 4) is 11.5 Å². The number of phenols is 1. The van der Waals surface area contributed by atoms with E-state index >= 15 is 0 Å². The Kier molecular flexibility index (Phi) is 3.89.